The highest BCUT2D eigenvalue weighted by Crippen LogP contribution is 2.58. The van der Waals surface area contributed by atoms with Crippen molar-refractivity contribution in [1.82, 2.24) is 5.43 Å². The smallest absolute Gasteiger partial charge is 0.282 e. The maximum Gasteiger partial charge on any atom is 0.282 e. The SMILES string of the molecule is COc1cc(/C=N\NC(=O)[C@H]2CC2(c2ccccc2)c2ccccc2)c([N+](=O)[O-])cc1OC. The number of nitro groups is 1. The van der Waals surface area contributed by atoms with Crippen LogP contribution in [0.4, 0.5) is 5.69 Å². The van der Waals surface area contributed by atoms with Gasteiger partial charge in [0, 0.05) is 5.41 Å². The van der Waals surface area contributed by atoms with Gasteiger partial charge in [0.15, 0.2) is 11.5 Å². The van der Waals surface area contributed by atoms with Gasteiger partial charge in [-0.2, -0.15) is 5.10 Å². The van der Waals surface area contributed by atoms with Crippen LogP contribution in [-0.4, -0.2) is 31.3 Å². The molecule has 0 heterocycles. The van der Waals surface area contributed by atoms with E-state index in [-0.39, 0.29) is 28.8 Å². The van der Waals surface area contributed by atoms with Gasteiger partial charge in [-0.1, -0.05) is 60.7 Å². The number of rotatable bonds is 8. The zero-order chi connectivity index (χ0) is 23.4. The summed E-state index contributed by atoms with van der Waals surface area (Å²) in [7, 11) is 2.84. The Morgan fingerprint density at radius 3 is 2.09 bits per heavy atom. The van der Waals surface area contributed by atoms with Gasteiger partial charge in [0.2, 0.25) is 5.91 Å². The van der Waals surface area contributed by atoms with Gasteiger partial charge in [-0.25, -0.2) is 5.43 Å². The Hall–Kier alpha value is -4.20. The van der Waals surface area contributed by atoms with Crippen LogP contribution in [0.5, 0.6) is 11.5 Å². The molecule has 168 valence electrons. The largest absolute Gasteiger partial charge is 0.493 e. The number of benzene rings is 3. The molecule has 0 spiro atoms. The first kappa shape index (κ1) is 22.0. The average Bonchev–Trinajstić information content (AvgIpc) is 3.62. The van der Waals surface area contributed by atoms with Crippen molar-refractivity contribution >= 4 is 17.8 Å². The number of carbonyl (C=O) groups excluding carboxylic acids is 1. The summed E-state index contributed by atoms with van der Waals surface area (Å²) in [6.07, 6.45) is 1.89. The molecule has 0 radical (unpaired) electrons. The van der Waals surface area contributed by atoms with Crippen molar-refractivity contribution < 1.29 is 19.2 Å². The van der Waals surface area contributed by atoms with Crippen LogP contribution >= 0.6 is 0 Å². The predicted molar refractivity (Wildman–Crippen MR) is 124 cm³/mol. The van der Waals surface area contributed by atoms with E-state index in [1.807, 2.05) is 60.7 Å². The summed E-state index contributed by atoms with van der Waals surface area (Å²) in [4.78, 5) is 23.9. The molecule has 0 saturated heterocycles. The Balaban J connectivity index is 1.57. The van der Waals surface area contributed by atoms with E-state index in [9.17, 15) is 14.9 Å². The molecule has 0 unspecified atom stereocenters. The first-order chi connectivity index (χ1) is 16.0. The molecular weight excluding hydrogens is 422 g/mol. The zero-order valence-electron chi connectivity index (χ0n) is 18.2. The fourth-order valence-corrected chi connectivity index (χ4v) is 4.24. The van der Waals surface area contributed by atoms with Crippen molar-refractivity contribution in [1.29, 1.82) is 0 Å². The van der Waals surface area contributed by atoms with Crippen LogP contribution in [-0.2, 0) is 10.2 Å². The second kappa shape index (κ2) is 9.12. The van der Waals surface area contributed by atoms with Gasteiger partial charge < -0.3 is 9.47 Å². The predicted octanol–water partition coefficient (Wildman–Crippen LogP) is 4.07. The lowest BCUT2D eigenvalue weighted by Gasteiger charge is -2.18. The first-order valence-corrected chi connectivity index (χ1v) is 10.4. The van der Waals surface area contributed by atoms with Crippen LogP contribution in [0.2, 0.25) is 0 Å². The third-order valence-electron chi connectivity index (χ3n) is 5.96. The van der Waals surface area contributed by atoms with Gasteiger partial charge in [0.25, 0.3) is 5.69 Å². The summed E-state index contributed by atoms with van der Waals surface area (Å²) in [5.74, 6) is 0.00559. The summed E-state index contributed by atoms with van der Waals surface area (Å²) in [5.41, 5.74) is 4.25. The molecule has 0 bridgehead atoms. The third kappa shape index (κ3) is 4.15. The van der Waals surface area contributed by atoms with Crippen LogP contribution in [0.3, 0.4) is 0 Å². The van der Waals surface area contributed by atoms with Crippen LogP contribution in [0.1, 0.15) is 23.1 Å². The van der Waals surface area contributed by atoms with E-state index in [1.54, 1.807) is 0 Å². The monoisotopic (exact) mass is 445 g/mol. The highest BCUT2D eigenvalue weighted by Gasteiger charge is 2.60. The minimum Gasteiger partial charge on any atom is -0.493 e. The lowest BCUT2D eigenvalue weighted by atomic mass is 9.85. The summed E-state index contributed by atoms with van der Waals surface area (Å²) < 4.78 is 10.3. The topological polar surface area (TPSA) is 103 Å². The van der Waals surface area contributed by atoms with Crippen molar-refractivity contribution in [2.24, 2.45) is 11.0 Å². The number of hydrogen-bond donors (Lipinski definition) is 1. The molecular formula is C25H23N3O5. The van der Waals surface area contributed by atoms with Crippen molar-refractivity contribution in [3.8, 4) is 11.5 Å². The van der Waals surface area contributed by atoms with Gasteiger partial charge in [0.1, 0.15) is 0 Å². The van der Waals surface area contributed by atoms with E-state index in [0.717, 1.165) is 11.1 Å². The summed E-state index contributed by atoms with van der Waals surface area (Å²) in [5, 5.41) is 15.5. The molecule has 8 heteroatoms. The van der Waals surface area contributed by atoms with Crippen LogP contribution in [0, 0.1) is 16.0 Å². The van der Waals surface area contributed by atoms with Gasteiger partial charge in [-0.3, -0.25) is 14.9 Å². The molecule has 1 saturated carbocycles. The molecule has 1 aliphatic rings. The van der Waals surface area contributed by atoms with Crippen molar-refractivity contribution in [3.05, 3.63) is 99.6 Å². The van der Waals surface area contributed by atoms with Gasteiger partial charge in [-0.05, 0) is 23.6 Å². The number of hydrazone groups is 1. The molecule has 1 N–H and O–H groups in total. The van der Waals surface area contributed by atoms with Crippen molar-refractivity contribution in [2.45, 2.75) is 11.8 Å². The Labute approximate surface area is 191 Å². The van der Waals surface area contributed by atoms with Crippen LogP contribution in [0.15, 0.2) is 77.9 Å². The molecule has 4 rings (SSSR count). The van der Waals surface area contributed by atoms with Gasteiger partial charge in [-0.15, -0.1) is 0 Å². The highest BCUT2D eigenvalue weighted by atomic mass is 16.6. The summed E-state index contributed by atoms with van der Waals surface area (Å²) in [6, 6.07) is 22.5. The standard InChI is InChI=1S/C25H23N3O5/c1-32-22-13-17(21(28(30)31)14-23(22)33-2)16-26-27-24(29)20-15-25(20,18-9-5-3-6-10-18)19-11-7-4-8-12-19/h3-14,16,20H,15H2,1-2H3,(H,27,29)/b26-16-/t20-/m1/s1. The average molecular weight is 445 g/mol. The minimum absolute atomic E-state index is 0.186. The number of nitrogens with one attached hydrogen (secondary N) is 1. The molecule has 0 aliphatic heterocycles. The molecule has 8 nitrogen and oxygen atoms in total. The maximum absolute atomic E-state index is 13.0. The Bertz CT molecular complexity index is 1160. The number of methoxy groups -OCH3 is 2. The van der Waals surface area contributed by atoms with E-state index in [2.05, 4.69) is 10.5 Å². The van der Waals surface area contributed by atoms with E-state index in [1.165, 1.54) is 32.6 Å². The molecule has 1 fully saturated rings. The van der Waals surface area contributed by atoms with Crippen molar-refractivity contribution in [3.63, 3.8) is 0 Å². The fraction of sp³-hybridized carbons (Fsp3) is 0.200. The number of carbonyl (C=O) groups is 1. The first-order valence-electron chi connectivity index (χ1n) is 10.4. The Morgan fingerprint density at radius 2 is 1.58 bits per heavy atom. The quantitative estimate of drug-likeness (QED) is 0.320. The molecule has 1 atom stereocenters. The number of ether oxygens (including phenoxy) is 2. The molecule has 0 aromatic heterocycles. The van der Waals surface area contributed by atoms with Crippen LogP contribution in [0.25, 0.3) is 0 Å². The molecule has 1 amide bonds. The number of nitrogens with zero attached hydrogens (tertiary/aromatic N) is 2. The Kier molecular flexibility index (Phi) is 6.08. The second-order valence-electron chi connectivity index (χ2n) is 7.72. The van der Waals surface area contributed by atoms with E-state index < -0.39 is 10.3 Å². The lowest BCUT2D eigenvalue weighted by Crippen LogP contribution is -2.25. The van der Waals surface area contributed by atoms with E-state index >= 15 is 0 Å². The Morgan fingerprint density at radius 1 is 1.03 bits per heavy atom. The van der Waals surface area contributed by atoms with Crippen LogP contribution < -0.4 is 14.9 Å². The number of nitro benzene ring substituents is 1. The lowest BCUT2D eigenvalue weighted by molar-refractivity contribution is -0.385. The number of hydrogen-bond acceptors (Lipinski definition) is 6. The van der Waals surface area contributed by atoms with Crippen molar-refractivity contribution in [2.75, 3.05) is 14.2 Å². The minimum atomic E-state index is -0.540. The molecule has 1 aliphatic carbocycles. The van der Waals surface area contributed by atoms with Gasteiger partial charge in [0.05, 0.1) is 42.9 Å². The van der Waals surface area contributed by atoms with E-state index in [0.29, 0.717) is 12.2 Å². The zero-order valence-corrected chi connectivity index (χ0v) is 18.2. The van der Waals surface area contributed by atoms with Gasteiger partial charge >= 0.3 is 0 Å². The summed E-state index contributed by atoms with van der Waals surface area (Å²) in [6.45, 7) is 0. The molecule has 33 heavy (non-hydrogen) atoms. The third-order valence-corrected chi connectivity index (χ3v) is 5.96. The summed E-state index contributed by atoms with van der Waals surface area (Å²) >= 11 is 0. The molecule has 3 aromatic rings. The second-order valence-corrected chi connectivity index (χ2v) is 7.72. The maximum atomic E-state index is 13.0. The molecule has 3 aromatic carbocycles. The highest BCUT2D eigenvalue weighted by molar-refractivity contribution is 5.90. The number of amides is 1. The fourth-order valence-electron chi connectivity index (χ4n) is 4.24. The normalized spacial score (nSPS) is 16.2. The van der Waals surface area contributed by atoms with E-state index in [4.69, 9.17) is 9.47 Å².